The Bertz CT molecular complexity index is 251. The van der Waals surface area contributed by atoms with Crippen LogP contribution in [0.1, 0.15) is 46.0 Å². The summed E-state index contributed by atoms with van der Waals surface area (Å²) >= 11 is 0. The molecule has 0 amide bonds. The van der Waals surface area contributed by atoms with Gasteiger partial charge >= 0.3 is 6.01 Å². The minimum absolute atomic E-state index is 0.212. The van der Waals surface area contributed by atoms with Gasteiger partial charge < -0.3 is 4.74 Å². The lowest BCUT2D eigenvalue weighted by molar-refractivity contribution is 0.189. The highest BCUT2D eigenvalue weighted by atomic mass is 16.5. The third kappa shape index (κ3) is 5.35. The number of rotatable bonds is 7. The Kier molecular flexibility index (Phi) is 5.74. The van der Waals surface area contributed by atoms with Crippen molar-refractivity contribution < 1.29 is 4.74 Å². The Morgan fingerprint density at radius 3 is 2.60 bits per heavy atom. The molecule has 0 aliphatic carbocycles. The van der Waals surface area contributed by atoms with Gasteiger partial charge in [-0.2, -0.15) is 0 Å². The maximum atomic E-state index is 5.57. The lowest BCUT2D eigenvalue weighted by Crippen LogP contribution is -2.13. The maximum absolute atomic E-state index is 5.57. The van der Waals surface area contributed by atoms with Crippen molar-refractivity contribution in [2.75, 3.05) is 0 Å². The molecule has 3 nitrogen and oxygen atoms in total. The average molecular weight is 208 g/mol. The quantitative estimate of drug-likeness (QED) is 0.645. The second-order valence-electron chi connectivity index (χ2n) is 3.81. The van der Waals surface area contributed by atoms with Gasteiger partial charge in [-0.25, -0.2) is 9.97 Å². The Morgan fingerprint density at radius 2 is 1.93 bits per heavy atom. The monoisotopic (exact) mass is 208 g/mol. The van der Waals surface area contributed by atoms with E-state index in [2.05, 4.69) is 23.8 Å². The topological polar surface area (TPSA) is 35.0 Å². The molecule has 0 N–H and O–H groups in total. The second-order valence-corrected chi connectivity index (χ2v) is 3.81. The van der Waals surface area contributed by atoms with Crippen LogP contribution in [0.3, 0.4) is 0 Å². The SMILES string of the molecule is CCCCCC[C@@H](C)Oc1ncccn1. The smallest absolute Gasteiger partial charge is 0.316 e. The Morgan fingerprint density at radius 1 is 1.20 bits per heavy atom. The molecule has 0 bridgehead atoms. The number of hydrogen-bond donors (Lipinski definition) is 0. The summed E-state index contributed by atoms with van der Waals surface area (Å²) in [6.45, 7) is 4.29. The Labute approximate surface area is 91.9 Å². The molecule has 1 rings (SSSR count). The molecule has 15 heavy (non-hydrogen) atoms. The van der Waals surface area contributed by atoms with Gasteiger partial charge in [0.2, 0.25) is 0 Å². The van der Waals surface area contributed by atoms with Crippen LogP contribution in [0.15, 0.2) is 18.5 Å². The van der Waals surface area contributed by atoms with Gasteiger partial charge in [0.05, 0.1) is 6.10 Å². The van der Waals surface area contributed by atoms with E-state index in [9.17, 15) is 0 Å². The van der Waals surface area contributed by atoms with Crippen LogP contribution in [0.25, 0.3) is 0 Å². The summed E-state index contributed by atoms with van der Waals surface area (Å²) in [5.41, 5.74) is 0. The summed E-state index contributed by atoms with van der Waals surface area (Å²) in [6, 6.07) is 2.28. The van der Waals surface area contributed by atoms with Crippen LogP contribution in [0, 0.1) is 0 Å². The Hall–Kier alpha value is -1.12. The predicted octanol–water partition coefficient (Wildman–Crippen LogP) is 3.21. The molecule has 0 saturated carbocycles. The molecular formula is C12H20N2O. The number of unbranched alkanes of at least 4 members (excludes halogenated alkanes) is 3. The standard InChI is InChI=1S/C12H20N2O/c1-3-4-5-6-8-11(2)15-12-13-9-7-10-14-12/h7,9-11H,3-6,8H2,1-2H3/t11-/m1/s1. The minimum Gasteiger partial charge on any atom is -0.460 e. The molecule has 0 aliphatic rings. The molecular weight excluding hydrogens is 188 g/mol. The molecule has 1 aromatic heterocycles. The number of hydrogen-bond acceptors (Lipinski definition) is 3. The van der Waals surface area contributed by atoms with Gasteiger partial charge in [-0.1, -0.05) is 26.2 Å². The van der Waals surface area contributed by atoms with Gasteiger partial charge in [-0.15, -0.1) is 0 Å². The van der Waals surface area contributed by atoms with Crippen molar-refractivity contribution in [3.63, 3.8) is 0 Å². The summed E-state index contributed by atoms with van der Waals surface area (Å²) in [5, 5.41) is 0. The van der Waals surface area contributed by atoms with Crippen LogP contribution < -0.4 is 4.74 Å². The molecule has 0 aliphatic heterocycles. The van der Waals surface area contributed by atoms with Gasteiger partial charge in [0.15, 0.2) is 0 Å². The van der Waals surface area contributed by atoms with Crippen LogP contribution in [0.5, 0.6) is 6.01 Å². The van der Waals surface area contributed by atoms with Gasteiger partial charge in [0.1, 0.15) is 0 Å². The first-order valence-electron chi connectivity index (χ1n) is 5.76. The third-order valence-electron chi connectivity index (χ3n) is 2.31. The van der Waals surface area contributed by atoms with Crippen molar-refractivity contribution in [3.8, 4) is 6.01 Å². The molecule has 0 saturated heterocycles. The summed E-state index contributed by atoms with van der Waals surface area (Å²) in [4.78, 5) is 8.06. The van der Waals surface area contributed by atoms with E-state index in [0.717, 1.165) is 6.42 Å². The van der Waals surface area contributed by atoms with Crippen LogP contribution in [-0.2, 0) is 0 Å². The van der Waals surface area contributed by atoms with Crippen molar-refractivity contribution in [2.45, 2.75) is 52.1 Å². The average Bonchev–Trinajstić information content (AvgIpc) is 2.26. The third-order valence-corrected chi connectivity index (χ3v) is 2.31. The molecule has 84 valence electrons. The van der Waals surface area contributed by atoms with E-state index in [1.54, 1.807) is 18.5 Å². The van der Waals surface area contributed by atoms with Crippen molar-refractivity contribution in [2.24, 2.45) is 0 Å². The zero-order chi connectivity index (χ0) is 10.9. The van der Waals surface area contributed by atoms with Crippen LogP contribution in [-0.4, -0.2) is 16.1 Å². The predicted molar refractivity (Wildman–Crippen MR) is 60.9 cm³/mol. The first-order valence-corrected chi connectivity index (χ1v) is 5.76. The fraction of sp³-hybridized carbons (Fsp3) is 0.667. The molecule has 0 unspecified atom stereocenters. The molecule has 1 atom stereocenters. The van der Waals surface area contributed by atoms with Crippen molar-refractivity contribution in [1.82, 2.24) is 9.97 Å². The van der Waals surface area contributed by atoms with Gasteiger partial charge in [-0.3, -0.25) is 0 Å². The van der Waals surface area contributed by atoms with Crippen LogP contribution >= 0.6 is 0 Å². The zero-order valence-corrected chi connectivity index (χ0v) is 9.65. The van der Waals surface area contributed by atoms with E-state index in [1.807, 2.05) is 0 Å². The fourth-order valence-corrected chi connectivity index (χ4v) is 1.44. The first kappa shape index (κ1) is 12.0. The lowest BCUT2D eigenvalue weighted by atomic mass is 10.1. The van der Waals surface area contributed by atoms with Crippen LogP contribution in [0.4, 0.5) is 0 Å². The van der Waals surface area contributed by atoms with E-state index >= 15 is 0 Å². The maximum Gasteiger partial charge on any atom is 0.316 e. The molecule has 0 radical (unpaired) electrons. The molecule has 1 heterocycles. The van der Waals surface area contributed by atoms with Gasteiger partial charge in [0.25, 0.3) is 0 Å². The molecule has 0 fully saturated rings. The highest BCUT2D eigenvalue weighted by molar-refractivity contribution is 4.93. The molecule has 1 aromatic rings. The second kappa shape index (κ2) is 7.21. The zero-order valence-electron chi connectivity index (χ0n) is 9.65. The van der Waals surface area contributed by atoms with E-state index < -0.39 is 0 Å². The number of aromatic nitrogens is 2. The molecule has 3 heteroatoms. The van der Waals surface area contributed by atoms with E-state index in [-0.39, 0.29) is 6.10 Å². The van der Waals surface area contributed by atoms with Crippen molar-refractivity contribution >= 4 is 0 Å². The summed E-state index contributed by atoms with van der Waals surface area (Å²) in [6.07, 6.45) is 9.80. The molecule has 0 spiro atoms. The largest absolute Gasteiger partial charge is 0.460 e. The summed E-state index contributed by atoms with van der Waals surface area (Å²) in [5.74, 6) is 0. The lowest BCUT2D eigenvalue weighted by Gasteiger charge is -2.12. The fourth-order valence-electron chi connectivity index (χ4n) is 1.44. The van der Waals surface area contributed by atoms with Crippen molar-refractivity contribution in [3.05, 3.63) is 18.5 Å². The highest BCUT2D eigenvalue weighted by Crippen LogP contribution is 2.09. The highest BCUT2D eigenvalue weighted by Gasteiger charge is 2.04. The van der Waals surface area contributed by atoms with E-state index in [1.165, 1.54) is 25.7 Å². The van der Waals surface area contributed by atoms with E-state index in [0.29, 0.717) is 6.01 Å². The summed E-state index contributed by atoms with van der Waals surface area (Å²) < 4.78 is 5.57. The van der Waals surface area contributed by atoms with Crippen LogP contribution in [0.2, 0.25) is 0 Å². The number of nitrogens with zero attached hydrogens (tertiary/aromatic N) is 2. The summed E-state index contributed by atoms with van der Waals surface area (Å²) in [7, 11) is 0. The Balaban J connectivity index is 2.16. The van der Waals surface area contributed by atoms with Crippen molar-refractivity contribution in [1.29, 1.82) is 0 Å². The minimum atomic E-state index is 0.212. The first-order chi connectivity index (χ1) is 7.33. The molecule has 0 aromatic carbocycles. The van der Waals surface area contributed by atoms with Gasteiger partial charge in [0, 0.05) is 12.4 Å². The van der Waals surface area contributed by atoms with E-state index in [4.69, 9.17) is 4.74 Å². The number of ether oxygens (including phenoxy) is 1. The normalized spacial score (nSPS) is 12.4. The van der Waals surface area contributed by atoms with Gasteiger partial charge in [-0.05, 0) is 25.8 Å².